The third-order valence-corrected chi connectivity index (χ3v) is 4.93. The van der Waals surface area contributed by atoms with Gasteiger partial charge in [-0.05, 0) is 57.9 Å². The number of carbonyl (C=O) groups excluding carboxylic acids is 2. The van der Waals surface area contributed by atoms with Gasteiger partial charge in [0.15, 0.2) is 0 Å². The van der Waals surface area contributed by atoms with Crippen LogP contribution in [0.5, 0.6) is 0 Å². The normalized spacial score (nSPS) is 17.2. The van der Waals surface area contributed by atoms with Crippen LogP contribution in [0.2, 0.25) is 0 Å². The third-order valence-electron chi connectivity index (χ3n) is 4.93. The molecule has 1 heterocycles. The molecule has 2 amide bonds. The third kappa shape index (κ3) is 5.81. The second-order valence-corrected chi connectivity index (χ2v) is 7.50. The van der Waals surface area contributed by atoms with Gasteiger partial charge in [0, 0.05) is 37.9 Å². The molecular weight excluding hydrogens is 328 g/mol. The molecule has 2 N–H and O–H groups in total. The second kappa shape index (κ2) is 9.14. The topological polar surface area (TPSA) is 64.7 Å². The van der Waals surface area contributed by atoms with E-state index in [-0.39, 0.29) is 23.9 Å². The average molecular weight is 361 g/mol. The van der Waals surface area contributed by atoms with Gasteiger partial charge >= 0.3 is 0 Å². The molecule has 0 bridgehead atoms. The average Bonchev–Trinajstić information content (AvgIpc) is 2.57. The molecular formula is C20H32N4O2. The summed E-state index contributed by atoms with van der Waals surface area (Å²) < 4.78 is 0. The van der Waals surface area contributed by atoms with Gasteiger partial charge in [0.2, 0.25) is 11.8 Å². The molecule has 1 atom stereocenters. The summed E-state index contributed by atoms with van der Waals surface area (Å²) in [6.07, 6.45) is 0. The van der Waals surface area contributed by atoms with Crippen LogP contribution in [0.4, 0.5) is 5.69 Å². The highest BCUT2D eigenvalue weighted by molar-refractivity contribution is 5.94. The molecule has 1 aliphatic rings. The summed E-state index contributed by atoms with van der Waals surface area (Å²) >= 11 is 0. The molecule has 1 saturated heterocycles. The first kappa shape index (κ1) is 20.4. The Morgan fingerprint density at radius 2 is 1.69 bits per heavy atom. The van der Waals surface area contributed by atoms with Crippen LogP contribution in [0.15, 0.2) is 18.2 Å². The molecule has 1 aromatic rings. The van der Waals surface area contributed by atoms with Gasteiger partial charge in [0.1, 0.15) is 0 Å². The first-order valence-corrected chi connectivity index (χ1v) is 9.40. The molecule has 0 radical (unpaired) electrons. The van der Waals surface area contributed by atoms with E-state index in [1.807, 2.05) is 45.9 Å². The van der Waals surface area contributed by atoms with Crippen molar-refractivity contribution >= 4 is 17.5 Å². The van der Waals surface area contributed by atoms with Gasteiger partial charge in [-0.3, -0.25) is 19.4 Å². The van der Waals surface area contributed by atoms with Crippen molar-refractivity contribution in [1.29, 1.82) is 0 Å². The minimum atomic E-state index is -0.191. The summed E-state index contributed by atoms with van der Waals surface area (Å²) in [7, 11) is 0. The van der Waals surface area contributed by atoms with Gasteiger partial charge in [-0.2, -0.15) is 0 Å². The molecule has 0 aromatic heterocycles. The zero-order valence-corrected chi connectivity index (χ0v) is 16.6. The van der Waals surface area contributed by atoms with Crippen LogP contribution >= 0.6 is 0 Å². The van der Waals surface area contributed by atoms with Crippen molar-refractivity contribution in [1.82, 2.24) is 15.1 Å². The maximum Gasteiger partial charge on any atom is 0.241 e. The standard InChI is InChI=1S/C20H32N4O2/c1-14(2)21-19(25)13-23-8-10-24(11-9-23)17(5)20(26)22-18-7-6-15(3)16(4)12-18/h6-7,12,14,17H,8-11,13H2,1-5H3,(H,21,25)(H,22,26). The van der Waals surface area contributed by atoms with Crippen molar-refractivity contribution in [2.24, 2.45) is 0 Å². The predicted octanol–water partition coefficient (Wildman–Crippen LogP) is 1.77. The highest BCUT2D eigenvalue weighted by atomic mass is 16.2. The van der Waals surface area contributed by atoms with Crippen LogP contribution < -0.4 is 10.6 Å². The van der Waals surface area contributed by atoms with E-state index in [1.54, 1.807) is 0 Å². The Morgan fingerprint density at radius 3 is 2.27 bits per heavy atom. The number of carbonyl (C=O) groups is 2. The van der Waals surface area contributed by atoms with E-state index in [2.05, 4.69) is 27.4 Å². The number of hydrogen-bond acceptors (Lipinski definition) is 4. The van der Waals surface area contributed by atoms with Crippen molar-refractivity contribution in [2.75, 3.05) is 38.0 Å². The maximum atomic E-state index is 12.6. The number of benzene rings is 1. The number of amides is 2. The smallest absolute Gasteiger partial charge is 0.241 e. The second-order valence-electron chi connectivity index (χ2n) is 7.50. The number of hydrogen-bond donors (Lipinski definition) is 2. The van der Waals surface area contributed by atoms with E-state index < -0.39 is 0 Å². The Balaban J connectivity index is 1.81. The van der Waals surface area contributed by atoms with E-state index in [1.165, 1.54) is 11.1 Å². The lowest BCUT2D eigenvalue weighted by atomic mass is 10.1. The predicted molar refractivity (Wildman–Crippen MR) is 105 cm³/mol. The van der Waals surface area contributed by atoms with Crippen molar-refractivity contribution in [3.63, 3.8) is 0 Å². The van der Waals surface area contributed by atoms with Crippen LogP contribution in [0.25, 0.3) is 0 Å². The van der Waals surface area contributed by atoms with Crippen molar-refractivity contribution in [2.45, 2.75) is 46.7 Å². The molecule has 0 saturated carbocycles. The first-order chi connectivity index (χ1) is 12.3. The lowest BCUT2D eigenvalue weighted by molar-refractivity contribution is -0.125. The SMILES string of the molecule is Cc1ccc(NC(=O)C(C)N2CCN(CC(=O)NC(C)C)CC2)cc1C. The monoisotopic (exact) mass is 360 g/mol. The summed E-state index contributed by atoms with van der Waals surface area (Å²) in [4.78, 5) is 28.7. The lowest BCUT2D eigenvalue weighted by Gasteiger charge is -2.37. The largest absolute Gasteiger partial charge is 0.353 e. The maximum absolute atomic E-state index is 12.6. The van der Waals surface area contributed by atoms with Crippen LogP contribution in [0.3, 0.4) is 0 Å². The van der Waals surface area contributed by atoms with Gasteiger partial charge < -0.3 is 10.6 Å². The zero-order chi connectivity index (χ0) is 19.3. The summed E-state index contributed by atoms with van der Waals surface area (Å²) in [5.41, 5.74) is 3.23. The van der Waals surface area contributed by atoms with Gasteiger partial charge in [-0.15, -0.1) is 0 Å². The van der Waals surface area contributed by atoms with Gasteiger partial charge in [0.05, 0.1) is 12.6 Å². The molecule has 6 heteroatoms. The molecule has 2 rings (SSSR count). The number of nitrogens with one attached hydrogen (secondary N) is 2. The van der Waals surface area contributed by atoms with Gasteiger partial charge in [0.25, 0.3) is 0 Å². The first-order valence-electron chi connectivity index (χ1n) is 9.40. The highest BCUT2D eigenvalue weighted by Crippen LogP contribution is 2.15. The fourth-order valence-electron chi connectivity index (χ4n) is 3.11. The summed E-state index contributed by atoms with van der Waals surface area (Å²) in [5, 5.41) is 5.93. The van der Waals surface area contributed by atoms with E-state index in [0.29, 0.717) is 6.54 Å². The van der Waals surface area contributed by atoms with Crippen molar-refractivity contribution in [3.8, 4) is 0 Å². The minimum Gasteiger partial charge on any atom is -0.353 e. The van der Waals surface area contributed by atoms with Crippen LogP contribution in [-0.4, -0.2) is 66.4 Å². The minimum absolute atomic E-state index is 0.0132. The fourth-order valence-corrected chi connectivity index (χ4v) is 3.11. The molecule has 26 heavy (non-hydrogen) atoms. The molecule has 1 unspecified atom stereocenters. The van der Waals surface area contributed by atoms with Gasteiger partial charge in [-0.1, -0.05) is 6.07 Å². The molecule has 0 aliphatic carbocycles. The number of rotatable bonds is 6. The lowest BCUT2D eigenvalue weighted by Crippen LogP contribution is -2.54. The Hall–Kier alpha value is -1.92. The molecule has 1 aliphatic heterocycles. The Kier molecular flexibility index (Phi) is 7.17. The Labute approximate surface area is 156 Å². The number of nitrogens with zero attached hydrogens (tertiary/aromatic N) is 2. The summed E-state index contributed by atoms with van der Waals surface area (Å²) in [5.74, 6) is 0.0771. The van der Waals surface area contributed by atoms with Crippen molar-refractivity contribution < 1.29 is 9.59 Å². The van der Waals surface area contributed by atoms with E-state index in [9.17, 15) is 9.59 Å². The number of aryl methyl sites for hydroxylation is 2. The quantitative estimate of drug-likeness (QED) is 0.812. The molecule has 144 valence electrons. The molecule has 0 spiro atoms. The van der Waals surface area contributed by atoms with E-state index in [0.717, 1.165) is 31.9 Å². The van der Waals surface area contributed by atoms with Gasteiger partial charge in [-0.25, -0.2) is 0 Å². The number of piperazine rings is 1. The van der Waals surface area contributed by atoms with E-state index >= 15 is 0 Å². The fraction of sp³-hybridized carbons (Fsp3) is 0.600. The molecule has 1 aromatic carbocycles. The zero-order valence-electron chi connectivity index (χ0n) is 16.6. The van der Waals surface area contributed by atoms with Crippen LogP contribution in [0.1, 0.15) is 31.9 Å². The number of anilines is 1. The van der Waals surface area contributed by atoms with Crippen LogP contribution in [0, 0.1) is 13.8 Å². The van der Waals surface area contributed by atoms with Crippen molar-refractivity contribution in [3.05, 3.63) is 29.3 Å². The van der Waals surface area contributed by atoms with E-state index in [4.69, 9.17) is 0 Å². The summed E-state index contributed by atoms with van der Waals surface area (Å²) in [6.45, 7) is 13.6. The van der Waals surface area contributed by atoms with Crippen LogP contribution in [-0.2, 0) is 9.59 Å². The Morgan fingerprint density at radius 1 is 1.04 bits per heavy atom. The Bertz CT molecular complexity index is 637. The summed E-state index contributed by atoms with van der Waals surface area (Å²) in [6, 6.07) is 5.95. The molecule has 1 fully saturated rings. The molecule has 6 nitrogen and oxygen atoms in total. The highest BCUT2D eigenvalue weighted by Gasteiger charge is 2.26.